The number of aromatic nitrogens is 1. The summed E-state index contributed by atoms with van der Waals surface area (Å²) >= 11 is 6.03. The molecule has 0 aliphatic carbocycles. The Morgan fingerprint density at radius 1 is 1.16 bits per heavy atom. The number of furan rings is 1. The van der Waals surface area contributed by atoms with E-state index in [-0.39, 0.29) is 11.1 Å². The van der Waals surface area contributed by atoms with Gasteiger partial charge in [-0.05, 0) is 30.3 Å². The molecule has 0 radical (unpaired) electrons. The molecule has 0 unspecified atom stereocenters. The zero-order chi connectivity index (χ0) is 17.4. The molecule has 0 saturated carbocycles. The third-order valence-corrected chi connectivity index (χ3v) is 4.26. The molecule has 2 aromatic heterocycles. The lowest BCUT2D eigenvalue weighted by Gasteiger charge is -2.08. The smallest absolute Gasteiger partial charge is 0.256 e. The summed E-state index contributed by atoms with van der Waals surface area (Å²) in [5.41, 5.74) is 2.15. The average molecular weight is 353 g/mol. The van der Waals surface area contributed by atoms with E-state index in [9.17, 15) is 4.79 Å². The van der Waals surface area contributed by atoms with Gasteiger partial charge in [-0.3, -0.25) is 4.79 Å². The van der Waals surface area contributed by atoms with Gasteiger partial charge in [0.1, 0.15) is 5.58 Å². The van der Waals surface area contributed by atoms with Gasteiger partial charge in [-0.15, -0.1) is 0 Å². The van der Waals surface area contributed by atoms with Crippen LogP contribution in [0.4, 0.5) is 5.69 Å². The first-order valence-electron chi connectivity index (χ1n) is 7.59. The van der Waals surface area contributed by atoms with Gasteiger partial charge in [-0.2, -0.15) is 0 Å². The number of halogens is 1. The number of carbonyl (C=O) groups excluding carboxylic acids is 1. The fourth-order valence-corrected chi connectivity index (χ4v) is 2.99. The maximum Gasteiger partial charge on any atom is 0.256 e. The van der Waals surface area contributed by atoms with Crippen LogP contribution in [0.5, 0.6) is 5.75 Å². The molecule has 1 amide bonds. The number of nitrogens with zero attached hydrogens (tertiary/aromatic N) is 1. The van der Waals surface area contributed by atoms with Crippen molar-refractivity contribution < 1.29 is 13.9 Å². The number of hydrogen-bond donors (Lipinski definition) is 1. The van der Waals surface area contributed by atoms with Crippen LogP contribution in [0.25, 0.3) is 21.9 Å². The van der Waals surface area contributed by atoms with Crippen LogP contribution < -0.4 is 10.1 Å². The minimum Gasteiger partial charge on any atom is -0.493 e. The fourth-order valence-electron chi connectivity index (χ4n) is 2.82. The Bertz CT molecular complexity index is 1100. The first kappa shape index (κ1) is 15.5. The Morgan fingerprint density at radius 3 is 2.80 bits per heavy atom. The highest BCUT2D eigenvalue weighted by Gasteiger charge is 2.20. The predicted molar refractivity (Wildman–Crippen MR) is 97.5 cm³/mol. The van der Waals surface area contributed by atoms with E-state index in [1.165, 1.54) is 0 Å². The van der Waals surface area contributed by atoms with Crippen LogP contribution in [0.3, 0.4) is 0 Å². The van der Waals surface area contributed by atoms with Crippen molar-refractivity contribution in [3.8, 4) is 5.75 Å². The quantitative estimate of drug-likeness (QED) is 0.533. The number of fused-ring (bicyclic) bond motifs is 3. The molecule has 0 spiro atoms. The number of hydrogen-bond acceptors (Lipinski definition) is 4. The van der Waals surface area contributed by atoms with Gasteiger partial charge >= 0.3 is 0 Å². The van der Waals surface area contributed by atoms with Crippen LogP contribution in [-0.4, -0.2) is 18.0 Å². The molecule has 4 aromatic rings. The summed E-state index contributed by atoms with van der Waals surface area (Å²) in [6.07, 6.45) is 1.56. The van der Waals surface area contributed by atoms with E-state index in [4.69, 9.17) is 20.8 Å². The summed E-state index contributed by atoms with van der Waals surface area (Å²) in [6, 6.07) is 14.4. The molecule has 1 N–H and O–H groups in total. The van der Waals surface area contributed by atoms with Gasteiger partial charge < -0.3 is 14.5 Å². The van der Waals surface area contributed by atoms with Gasteiger partial charge in [0, 0.05) is 17.0 Å². The molecule has 124 valence electrons. The molecule has 2 heterocycles. The molecule has 0 aliphatic rings. The van der Waals surface area contributed by atoms with Crippen molar-refractivity contribution in [2.75, 3.05) is 12.4 Å². The maximum absolute atomic E-state index is 12.8. The summed E-state index contributed by atoms with van der Waals surface area (Å²) in [5.74, 6) is 0.274. The number of methoxy groups -OCH3 is 1. The molecule has 4 rings (SSSR count). The minimum absolute atomic E-state index is 0.234. The average Bonchev–Trinajstić information content (AvgIpc) is 3.02. The van der Waals surface area contributed by atoms with Crippen LogP contribution in [0.2, 0.25) is 5.15 Å². The number of anilines is 1. The number of amides is 1. The van der Waals surface area contributed by atoms with E-state index in [0.29, 0.717) is 33.6 Å². The number of ether oxygens (including phenoxy) is 1. The zero-order valence-electron chi connectivity index (χ0n) is 13.2. The highest BCUT2D eigenvalue weighted by molar-refractivity contribution is 6.33. The number of benzene rings is 2. The molecule has 0 fully saturated rings. The summed E-state index contributed by atoms with van der Waals surface area (Å²) in [4.78, 5) is 16.8. The van der Waals surface area contributed by atoms with Gasteiger partial charge in [0.05, 0.1) is 18.4 Å². The highest BCUT2D eigenvalue weighted by atomic mass is 35.5. The molecule has 0 aliphatic heterocycles. The van der Waals surface area contributed by atoms with Crippen LogP contribution in [-0.2, 0) is 0 Å². The Morgan fingerprint density at radius 2 is 2.00 bits per heavy atom. The van der Waals surface area contributed by atoms with Gasteiger partial charge in [0.2, 0.25) is 0 Å². The minimum atomic E-state index is -0.297. The number of para-hydroxylation sites is 1. The van der Waals surface area contributed by atoms with Crippen molar-refractivity contribution in [2.24, 2.45) is 0 Å². The standard InChI is InChI=1S/C19H13ClN2O3/c1-24-15-9-8-12(19(23)22-13-6-4-10-21-18(13)20)16-11-5-2-3-7-14(11)25-17(15)16/h2-10H,1H3,(H,22,23). The molecular formula is C19H13ClN2O3. The topological polar surface area (TPSA) is 64.4 Å². The van der Waals surface area contributed by atoms with Crippen molar-refractivity contribution >= 4 is 45.1 Å². The maximum atomic E-state index is 12.8. The second kappa shape index (κ2) is 6.11. The molecule has 0 bridgehead atoms. The van der Waals surface area contributed by atoms with Crippen LogP contribution in [0, 0.1) is 0 Å². The number of pyridine rings is 1. The molecular weight excluding hydrogens is 340 g/mol. The lowest BCUT2D eigenvalue weighted by molar-refractivity contribution is 0.102. The lowest BCUT2D eigenvalue weighted by atomic mass is 10.0. The van der Waals surface area contributed by atoms with E-state index in [2.05, 4.69) is 10.3 Å². The third-order valence-electron chi connectivity index (χ3n) is 3.96. The molecule has 0 saturated heterocycles. The Balaban J connectivity index is 1.90. The van der Waals surface area contributed by atoms with Crippen LogP contribution >= 0.6 is 11.6 Å². The summed E-state index contributed by atoms with van der Waals surface area (Å²) < 4.78 is 11.3. The van der Waals surface area contributed by atoms with Crippen molar-refractivity contribution in [3.05, 3.63) is 65.4 Å². The normalized spacial score (nSPS) is 11.0. The number of carbonyl (C=O) groups is 1. The van der Waals surface area contributed by atoms with Gasteiger partial charge in [-0.1, -0.05) is 29.8 Å². The molecule has 6 heteroatoms. The first-order chi connectivity index (χ1) is 12.2. The number of nitrogens with one attached hydrogen (secondary N) is 1. The van der Waals surface area contributed by atoms with Crippen molar-refractivity contribution in [2.45, 2.75) is 0 Å². The first-order valence-corrected chi connectivity index (χ1v) is 7.97. The lowest BCUT2D eigenvalue weighted by Crippen LogP contribution is -2.13. The van der Waals surface area contributed by atoms with Crippen molar-refractivity contribution in [3.63, 3.8) is 0 Å². The van der Waals surface area contributed by atoms with Crippen LogP contribution in [0.1, 0.15) is 10.4 Å². The molecule has 2 aromatic carbocycles. The SMILES string of the molecule is COc1ccc(C(=O)Nc2cccnc2Cl)c2c1oc1ccccc12. The monoisotopic (exact) mass is 352 g/mol. The van der Waals surface area contributed by atoms with E-state index >= 15 is 0 Å². The third kappa shape index (κ3) is 2.58. The molecule has 5 nitrogen and oxygen atoms in total. The van der Waals surface area contributed by atoms with E-state index in [0.717, 1.165) is 5.39 Å². The predicted octanol–water partition coefficient (Wildman–Crippen LogP) is 4.90. The second-order valence-corrected chi connectivity index (χ2v) is 5.77. The molecule has 0 atom stereocenters. The van der Waals surface area contributed by atoms with E-state index in [1.807, 2.05) is 24.3 Å². The van der Waals surface area contributed by atoms with Gasteiger partial charge in [-0.25, -0.2) is 4.98 Å². The van der Waals surface area contributed by atoms with E-state index in [1.54, 1.807) is 37.6 Å². The Labute approximate surface area is 148 Å². The Kier molecular flexibility index (Phi) is 3.78. The largest absolute Gasteiger partial charge is 0.493 e. The van der Waals surface area contributed by atoms with Crippen molar-refractivity contribution in [1.82, 2.24) is 4.98 Å². The number of rotatable bonds is 3. The fraction of sp³-hybridized carbons (Fsp3) is 0.0526. The highest BCUT2D eigenvalue weighted by Crippen LogP contribution is 2.37. The second-order valence-electron chi connectivity index (χ2n) is 5.41. The zero-order valence-corrected chi connectivity index (χ0v) is 14.0. The Hall–Kier alpha value is -3.05. The summed E-state index contributed by atoms with van der Waals surface area (Å²) in [5, 5.41) is 4.58. The summed E-state index contributed by atoms with van der Waals surface area (Å²) in [7, 11) is 1.57. The van der Waals surface area contributed by atoms with Gasteiger partial charge in [0.15, 0.2) is 16.5 Å². The van der Waals surface area contributed by atoms with Crippen LogP contribution in [0.15, 0.2) is 59.1 Å². The van der Waals surface area contributed by atoms with Gasteiger partial charge in [0.25, 0.3) is 5.91 Å². The van der Waals surface area contributed by atoms with E-state index < -0.39 is 0 Å². The summed E-state index contributed by atoms with van der Waals surface area (Å²) in [6.45, 7) is 0. The van der Waals surface area contributed by atoms with Crippen molar-refractivity contribution in [1.29, 1.82) is 0 Å². The molecule has 25 heavy (non-hydrogen) atoms.